The Bertz CT molecular complexity index is 742. The minimum absolute atomic E-state index is 0.0427. The second kappa shape index (κ2) is 7.63. The molecule has 0 amide bonds. The monoisotopic (exact) mass is 370 g/mol. The maximum absolute atomic E-state index is 13.0. The van der Waals surface area contributed by atoms with Gasteiger partial charge >= 0.3 is 6.18 Å². The Labute approximate surface area is 149 Å². The molecule has 0 bridgehead atoms. The van der Waals surface area contributed by atoms with E-state index in [-0.39, 0.29) is 17.7 Å². The zero-order chi connectivity index (χ0) is 18.7. The lowest BCUT2D eigenvalue weighted by Gasteiger charge is -2.33. The lowest BCUT2D eigenvalue weighted by atomic mass is 10.1. The van der Waals surface area contributed by atoms with Crippen LogP contribution in [0.3, 0.4) is 0 Å². The van der Waals surface area contributed by atoms with E-state index in [1.54, 1.807) is 0 Å². The van der Waals surface area contributed by atoms with E-state index in [1.165, 1.54) is 6.92 Å². The first-order valence-electron chi connectivity index (χ1n) is 8.38. The van der Waals surface area contributed by atoms with Crippen molar-refractivity contribution in [1.29, 1.82) is 0 Å². The van der Waals surface area contributed by atoms with Crippen molar-refractivity contribution in [3.05, 3.63) is 41.1 Å². The Kier molecular flexibility index (Phi) is 5.47. The number of halogens is 3. The maximum Gasteiger partial charge on any atom is 0.433 e. The highest BCUT2D eigenvalue weighted by Gasteiger charge is 2.33. The molecule has 0 aliphatic carbocycles. The molecule has 26 heavy (non-hydrogen) atoms. The Hall–Kier alpha value is -2.13. The van der Waals surface area contributed by atoms with Crippen molar-refractivity contribution in [2.75, 3.05) is 38.2 Å². The number of furan rings is 1. The highest BCUT2D eigenvalue weighted by molar-refractivity contribution is 5.30. The molecular formula is C17H21F3N4O2. The summed E-state index contributed by atoms with van der Waals surface area (Å²) in [6.07, 6.45) is -4.51. The average molecular weight is 370 g/mol. The topological polar surface area (TPSA) is 63.4 Å². The molecule has 1 fully saturated rings. The number of nitrogens with one attached hydrogen (secondary N) is 1. The molecule has 0 saturated carbocycles. The van der Waals surface area contributed by atoms with Gasteiger partial charge in [-0.05, 0) is 32.0 Å². The number of hydrogen-bond donors (Lipinski definition) is 1. The maximum atomic E-state index is 13.0. The number of rotatable bonds is 5. The van der Waals surface area contributed by atoms with Crippen molar-refractivity contribution in [2.45, 2.75) is 26.1 Å². The molecule has 1 aliphatic heterocycles. The lowest BCUT2D eigenvalue weighted by Crippen LogP contribution is -2.41. The van der Waals surface area contributed by atoms with Gasteiger partial charge in [0.05, 0.1) is 19.3 Å². The van der Waals surface area contributed by atoms with Gasteiger partial charge in [0.15, 0.2) is 0 Å². The van der Waals surface area contributed by atoms with E-state index >= 15 is 0 Å². The van der Waals surface area contributed by atoms with E-state index in [9.17, 15) is 13.2 Å². The summed E-state index contributed by atoms with van der Waals surface area (Å²) in [6, 6.07) is 4.54. The standard InChI is InChI=1S/C17H21F3N4O2/c1-11-9-15(17(18,19)20)23-16(22-11)21-10-13(14-4-3-12(2)26-14)24-5-7-25-8-6-24/h3-4,9,13H,5-8,10H2,1-2H3,(H,21,22,23). The summed E-state index contributed by atoms with van der Waals surface area (Å²) in [6.45, 7) is 6.34. The number of aromatic nitrogens is 2. The number of nitrogens with zero attached hydrogens (tertiary/aromatic N) is 3. The summed E-state index contributed by atoms with van der Waals surface area (Å²) in [5.74, 6) is 1.49. The van der Waals surface area contributed by atoms with Crippen LogP contribution in [0.25, 0.3) is 0 Å². The predicted molar refractivity (Wildman–Crippen MR) is 88.8 cm³/mol. The number of morpholine rings is 1. The Balaban J connectivity index is 1.78. The first-order valence-corrected chi connectivity index (χ1v) is 8.38. The minimum atomic E-state index is -4.51. The minimum Gasteiger partial charge on any atom is -0.465 e. The molecule has 1 unspecified atom stereocenters. The van der Waals surface area contributed by atoms with E-state index in [1.807, 2.05) is 19.1 Å². The molecule has 0 aromatic carbocycles. The smallest absolute Gasteiger partial charge is 0.433 e. The molecule has 142 valence electrons. The fourth-order valence-electron chi connectivity index (χ4n) is 2.91. The van der Waals surface area contributed by atoms with Gasteiger partial charge in [0.1, 0.15) is 17.2 Å². The van der Waals surface area contributed by atoms with Crippen molar-refractivity contribution in [1.82, 2.24) is 14.9 Å². The lowest BCUT2D eigenvalue weighted by molar-refractivity contribution is -0.141. The number of aryl methyl sites for hydroxylation is 2. The Morgan fingerprint density at radius 1 is 1.19 bits per heavy atom. The number of alkyl halides is 3. The van der Waals surface area contributed by atoms with Crippen molar-refractivity contribution >= 4 is 5.95 Å². The molecular weight excluding hydrogens is 349 g/mol. The van der Waals surface area contributed by atoms with E-state index in [2.05, 4.69) is 20.2 Å². The molecule has 2 aromatic rings. The number of ether oxygens (including phenoxy) is 1. The van der Waals surface area contributed by atoms with Crippen LogP contribution in [0, 0.1) is 13.8 Å². The highest BCUT2D eigenvalue weighted by atomic mass is 19.4. The first kappa shape index (κ1) is 18.7. The summed E-state index contributed by atoms with van der Waals surface area (Å²) in [7, 11) is 0. The predicted octanol–water partition coefficient (Wildman–Crippen LogP) is 3.19. The van der Waals surface area contributed by atoms with Crippen molar-refractivity contribution < 1.29 is 22.3 Å². The van der Waals surface area contributed by atoms with Gasteiger partial charge in [0.25, 0.3) is 0 Å². The largest absolute Gasteiger partial charge is 0.465 e. The van der Waals surface area contributed by atoms with Gasteiger partial charge in [-0.2, -0.15) is 13.2 Å². The molecule has 1 saturated heterocycles. The molecule has 0 spiro atoms. The van der Waals surface area contributed by atoms with Gasteiger partial charge in [0, 0.05) is 25.3 Å². The van der Waals surface area contributed by atoms with E-state index in [0.29, 0.717) is 32.8 Å². The molecule has 1 atom stereocenters. The van der Waals surface area contributed by atoms with Crippen molar-refractivity contribution in [3.63, 3.8) is 0 Å². The van der Waals surface area contributed by atoms with Crippen molar-refractivity contribution in [2.24, 2.45) is 0 Å². The highest BCUT2D eigenvalue weighted by Crippen LogP contribution is 2.29. The van der Waals surface area contributed by atoms with Gasteiger partial charge in [-0.25, -0.2) is 9.97 Å². The average Bonchev–Trinajstić information content (AvgIpc) is 3.01. The second-order valence-electron chi connectivity index (χ2n) is 6.21. The van der Waals surface area contributed by atoms with E-state index in [0.717, 1.165) is 17.6 Å². The van der Waals surface area contributed by atoms with Crippen LogP contribution < -0.4 is 5.32 Å². The second-order valence-corrected chi connectivity index (χ2v) is 6.21. The molecule has 0 radical (unpaired) electrons. The quantitative estimate of drug-likeness (QED) is 0.872. The summed E-state index contributed by atoms with van der Waals surface area (Å²) in [5.41, 5.74) is -0.698. The summed E-state index contributed by atoms with van der Waals surface area (Å²) in [4.78, 5) is 9.84. The van der Waals surface area contributed by atoms with Crippen LogP contribution in [0.4, 0.5) is 19.1 Å². The fraction of sp³-hybridized carbons (Fsp3) is 0.529. The van der Waals surface area contributed by atoms with E-state index in [4.69, 9.17) is 9.15 Å². The normalized spacial score (nSPS) is 17.3. The Morgan fingerprint density at radius 3 is 2.54 bits per heavy atom. The van der Waals surface area contributed by atoms with E-state index < -0.39 is 11.9 Å². The number of anilines is 1. The van der Waals surface area contributed by atoms with Gasteiger partial charge < -0.3 is 14.5 Å². The summed E-state index contributed by atoms with van der Waals surface area (Å²) < 4.78 is 50.0. The van der Waals surface area contributed by atoms with Gasteiger partial charge in [0.2, 0.25) is 5.95 Å². The third-order valence-electron chi connectivity index (χ3n) is 4.17. The van der Waals surface area contributed by atoms with Gasteiger partial charge in [-0.3, -0.25) is 4.90 Å². The molecule has 3 heterocycles. The number of hydrogen-bond acceptors (Lipinski definition) is 6. The molecule has 1 N–H and O–H groups in total. The van der Waals surface area contributed by atoms with Gasteiger partial charge in [-0.15, -0.1) is 0 Å². The van der Waals surface area contributed by atoms with Crippen LogP contribution in [0.15, 0.2) is 22.6 Å². The Morgan fingerprint density at radius 2 is 1.92 bits per heavy atom. The SMILES string of the molecule is Cc1cc(C(F)(F)F)nc(NCC(c2ccc(C)o2)N2CCOCC2)n1. The third kappa shape index (κ3) is 4.53. The third-order valence-corrected chi connectivity index (χ3v) is 4.17. The van der Waals surface area contributed by atoms with Crippen LogP contribution in [-0.4, -0.2) is 47.7 Å². The molecule has 9 heteroatoms. The zero-order valence-corrected chi connectivity index (χ0v) is 14.6. The van der Waals surface area contributed by atoms with Gasteiger partial charge in [-0.1, -0.05) is 0 Å². The van der Waals surface area contributed by atoms with Crippen LogP contribution in [-0.2, 0) is 10.9 Å². The molecule has 2 aromatic heterocycles. The van der Waals surface area contributed by atoms with Crippen LogP contribution >= 0.6 is 0 Å². The molecule has 1 aliphatic rings. The van der Waals surface area contributed by atoms with Crippen LogP contribution in [0.1, 0.15) is 29.0 Å². The zero-order valence-electron chi connectivity index (χ0n) is 14.6. The van der Waals surface area contributed by atoms with Crippen LogP contribution in [0.2, 0.25) is 0 Å². The fourth-order valence-corrected chi connectivity index (χ4v) is 2.91. The van der Waals surface area contributed by atoms with Crippen LogP contribution in [0.5, 0.6) is 0 Å². The van der Waals surface area contributed by atoms with Crippen molar-refractivity contribution in [3.8, 4) is 0 Å². The first-order chi connectivity index (χ1) is 12.3. The summed E-state index contributed by atoms with van der Waals surface area (Å²) >= 11 is 0. The molecule has 3 rings (SSSR count). The molecule has 6 nitrogen and oxygen atoms in total. The summed E-state index contributed by atoms with van der Waals surface area (Å²) in [5, 5.41) is 2.94.